The molecule has 1 aromatic carbocycles. The molecule has 1 aromatic heterocycles. The maximum absolute atomic E-state index is 13.4. The van der Waals surface area contributed by atoms with Gasteiger partial charge in [-0.05, 0) is 24.3 Å². The minimum atomic E-state index is -0.380. The first-order valence-electron chi connectivity index (χ1n) is 4.85. The van der Waals surface area contributed by atoms with E-state index in [0.29, 0.717) is 22.8 Å². The first-order valence-corrected chi connectivity index (χ1v) is 6.11. The van der Waals surface area contributed by atoms with Crippen molar-refractivity contribution in [2.75, 3.05) is 5.32 Å². The molecule has 1 N–H and O–H groups in total. The Morgan fingerprint density at radius 1 is 1.41 bits per heavy atom. The van der Waals surface area contributed by atoms with E-state index in [1.165, 1.54) is 17.4 Å². The van der Waals surface area contributed by atoms with E-state index >= 15 is 0 Å². The molecule has 0 radical (unpaired) electrons. The molecule has 0 atom stereocenters. The fourth-order valence-corrected chi connectivity index (χ4v) is 2.26. The summed E-state index contributed by atoms with van der Waals surface area (Å²) < 4.78 is 13.4. The van der Waals surface area contributed by atoms with E-state index in [1.54, 1.807) is 23.6 Å². The number of hydrogen-bond acceptors (Lipinski definition) is 3. The van der Waals surface area contributed by atoms with Gasteiger partial charge in [-0.1, -0.05) is 11.6 Å². The lowest BCUT2D eigenvalue weighted by atomic mass is 10.3. The minimum Gasteiger partial charge on any atom is -0.378 e. The maximum Gasteiger partial charge on any atom is 0.147 e. The minimum absolute atomic E-state index is 0.371. The highest BCUT2D eigenvalue weighted by Crippen LogP contribution is 2.21. The average Bonchev–Trinajstić information content (AvgIpc) is 2.76. The summed E-state index contributed by atoms with van der Waals surface area (Å²) in [6.07, 6.45) is 0. The van der Waals surface area contributed by atoms with Crippen LogP contribution in [0.3, 0.4) is 0 Å². The summed E-state index contributed by atoms with van der Waals surface area (Å²) >= 11 is 7.12. The van der Waals surface area contributed by atoms with Gasteiger partial charge >= 0.3 is 0 Å². The molecule has 1 heterocycles. The van der Waals surface area contributed by atoms with Crippen LogP contribution in [0.5, 0.6) is 0 Å². The van der Waals surface area contributed by atoms with Crippen LogP contribution in [0.4, 0.5) is 10.1 Å². The van der Waals surface area contributed by atoms with E-state index in [4.69, 9.17) is 16.9 Å². The van der Waals surface area contributed by atoms with Crippen molar-refractivity contribution in [3.05, 3.63) is 50.9 Å². The van der Waals surface area contributed by atoms with Crippen LogP contribution in [0.25, 0.3) is 0 Å². The second-order valence-electron chi connectivity index (χ2n) is 3.39. The van der Waals surface area contributed by atoms with E-state index < -0.39 is 0 Å². The number of nitrogens with one attached hydrogen (secondary N) is 1. The largest absolute Gasteiger partial charge is 0.378 e. The van der Waals surface area contributed by atoms with Crippen molar-refractivity contribution in [1.29, 1.82) is 5.26 Å². The van der Waals surface area contributed by atoms with Crippen LogP contribution < -0.4 is 5.32 Å². The lowest BCUT2D eigenvalue weighted by Crippen LogP contribution is -1.99. The number of benzene rings is 1. The lowest BCUT2D eigenvalue weighted by Gasteiger charge is -2.06. The van der Waals surface area contributed by atoms with Gasteiger partial charge in [0.05, 0.1) is 11.3 Å². The third-order valence-corrected chi connectivity index (χ3v) is 3.34. The molecule has 17 heavy (non-hydrogen) atoms. The molecule has 0 bridgehead atoms. The molecule has 5 heteroatoms. The van der Waals surface area contributed by atoms with Gasteiger partial charge in [-0.2, -0.15) is 5.26 Å². The summed E-state index contributed by atoms with van der Waals surface area (Å²) in [5, 5.41) is 13.8. The summed E-state index contributed by atoms with van der Waals surface area (Å²) in [7, 11) is 0. The molecular formula is C12H8ClFN2S. The third-order valence-electron chi connectivity index (χ3n) is 2.17. The van der Waals surface area contributed by atoms with E-state index in [0.717, 1.165) is 4.88 Å². The Balaban J connectivity index is 2.05. The second kappa shape index (κ2) is 5.17. The molecular weight excluding hydrogens is 259 g/mol. The topological polar surface area (TPSA) is 35.8 Å². The van der Waals surface area contributed by atoms with Gasteiger partial charge in [-0.15, -0.1) is 11.3 Å². The molecule has 0 spiro atoms. The van der Waals surface area contributed by atoms with Gasteiger partial charge in [-0.3, -0.25) is 0 Å². The van der Waals surface area contributed by atoms with Gasteiger partial charge in [-0.25, -0.2) is 4.39 Å². The number of anilines is 1. The zero-order valence-electron chi connectivity index (χ0n) is 8.71. The highest BCUT2D eigenvalue weighted by molar-refractivity contribution is 7.10. The molecule has 0 saturated heterocycles. The number of rotatable bonds is 3. The predicted molar refractivity (Wildman–Crippen MR) is 67.8 cm³/mol. The Labute approximate surface area is 107 Å². The summed E-state index contributed by atoms with van der Waals surface area (Å²) in [5.74, 6) is -0.380. The highest BCUT2D eigenvalue weighted by atomic mass is 35.5. The smallest absolute Gasteiger partial charge is 0.147 e. The normalized spacial score (nSPS) is 9.94. The fourth-order valence-electron chi connectivity index (χ4n) is 1.35. The average molecular weight is 267 g/mol. The first-order chi connectivity index (χ1) is 8.19. The van der Waals surface area contributed by atoms with Crippen LogP contribution in [-0.2, 0) is 6.54 Å². The number of hydrogen-bond donors (Lipinski definition) is 1. The molecule has 0 aliphatic heterocycles. The van der Waals surface area contributed by atoms with Crippen LogP contribution in [0.1, 0.15) is 10.4 Å². The monoisotopic (exact) mass is 266 g/mol. The van der Waals surface area contributed by atoms with Gasteiger partial charge in [0.15, 0.2) is 0 Å². The van der Waals surface area contributed by atoms with Crippen molar-refractivity contribution >= 4 is 28.6 Å². The van der Waals surface area contributed by atoms with Crippen molar-refractivity contribution in [3.63, 3.8) is 0 Å². The van der Waals surface area contributed by atoms with Crippen molar-refractivity contribution in [2.45, 2.75) is 6.54 Å². The number of nitrogens with zero attached hydrogens (tertiary/aromatic N) is 1. The van der Waals surface area contributed by atoms with Crippen molar-refractivity contribution < 1.29 is 4.39 Å². The first kappa shape index (κ1) is 11.9. The Morgan fingerprint density at radius 2 is 2.24 bits per heavy atom. The second-order valence-corrected chi connectivity index (χ2v) is 4.82. The quantitative estimate of drug-likeness (QED) is 0.911. The lowest BCUT2D eigenvalue weighted by molar-refractivity contribution is 0.630. The van der Waals surface area contributed by atoms with Gasteiger partial charge in [0.2, 0.25) is 0 Å². The zero-order valence-corrected chi connectivity index (χ0v) is 10.3. The van der Waals surface area contributed by atoms with E-state index in [1.807, 2.05) is 0 Å². The molecule has 0 unspecified atom stereocenters. The molecule has 0 amide bonds. The summed E-state index contributed by atoms with van der Waals surface area (Å²) in [6.45, 7) is 0.491. The standard InChI is InChI=1S/C12H8ClFN2S/c13-9-1-2-12(11(14)4-9)16-6-10-3-8(5-15)7-17-10/h1-4,7,16H,6H2. The molecule has 0 fully saturated rings. The molecule has 86 valence electrons. The summed E-state index contributed by atoms with van der Waals surface area (Å²) in [6, 6.07) is 8.32. The van der Waals surface area contributed by atoms with E-state index in [2.05, 4.69) is 11.4 Å². The number of nitriles is 1. The van der Waals surface area contributed by atoms with Crippen molar-refractivity contribution in [2.24, 2.45) is 0 Å². The van der Waals surface area contributed by atoms with Crippen LogP contribution in [0.15, 0.2) is 29.6 Å². The SMILES string of the molecule is N#Cc1csc(CNc2ccc(Cl)cc2F)c1. The maximum atomic E-state index is 13.4. The van der Waals surface area contributed by atoms with Gasteiger partial charge in [0, 0.05) is 21.8 Å². The van der Waals surface area contributed by atoms with Crippen LogP contribution >= 0.6 is 22.9 Å². The highest BCUT2D eigenvalue weighted by Gasteiger charge is 2.03. The van der Waals surface area contributed by atoms with Gasteiger partial charge in [0.25, 0.3) is 0 Å². The molecule has 2 rings (SSSR count). The zero-order chi connectivity index (χ0) is 12.3. The van der Waals surface area contributed by atoms with E-state index in [-0.39, 0.29) is 5.82 Å². The predicted octanol–water partition coefficient (Wildman–Crippen LogP) is 4.02. The molecule has 0 aliphatic carbocycles. The molecule has 0 aliphatic rings. The van der Waals surface area contributed by atoms with Crippen molar-refractivity contribution in [1.82, 2.24) is 0 Å². The third kappa shape index (κ3) is 2.96. The van der Waals surface area contributed by atoms with Crippen LogP contribution in [-0.4, -0.2) is 0 Å². The van der Waals surface area contributed by atoms with Gasteiger partial charge in [0.1, 0.15) is 11.9 Å². The Kier molecular flexibility index (Phi) is 3.62. The van der Waals surface area contributed by atoms with Gasteiger partial charge < -0.3 is 5.32 Å². The Morgan fingerprint density at radius 3 is 2.88 bits per heavy atom. The summed E-state index contributed by atoms with van der Waals surface area (Å²) in [4.78, 5) is 0.982. The van der Waals surface area contributed by atoms with E-state index in [9.17, 15) is 4.39 Å². The Hall–Kier alpha value is -1.57. The van der Waals surface area contributed by atoms with Crippen molar-refractivity contribution in [3.8, 4) is 6.07 Å². The molecule has 0 saturated carbocycles. The van der Waals surface area contributed by atoms with Crippen LogP contribution in [0, 0.1) is 17.1 Å². The van der Waals surface area contributed by atoms with Crippen LogP contribution in [0.2, 0.25) is 5.02 Å². The number of thiophene rings is 1. The Bertz CT molecular complexity index is 574. The summed E-state index contributed by atoms with van der Waals surface area (Å²) in [5.41, 5.74) is 1.03. The molecule has 2 nitrogen and oxygen atoms in total. The molecule has 2 aromatic rings. The fraction of sp³-hybridized carbons (Fsp3) is 0.0833. The number of halogens is 2.